The van der Waals surface area contributed by atoms with Gasteiger partial charge < -0.3 is 14.0 Å². The van der Waals surface area contributed by atoms with Gasteiger partial charge in [0.15, 0.2) is 6.61 Å². The number of ether oxygens (including phenoxy) is 2. The van der Waals surface area contributed by atoms with Crippen LogP contribution in [0.25, 0.3) is 11.4 Å². The van der Waals surface area contributed by atoms with Crippen molar-refractivity contribution in [3.05, 3.63) is 65.5 Å². The third kappa shape index (κ3) is 4.08. The normalized spacial score (nSPS) is 10.8. The van der Waals surface area contributed by atoms with Crippen molar-refractivity contribution >= 4 is 5.97 Å². The Hall–Kier alpha value is -3.15. The SMILES string of the molecule is COc1ccc(-c2noc(COC(=O)c3ccc(C(C)C)cc3)n2)cc1. The molecule has 0 bridgehead atoms. The maximum Gasteiger partial charge on any atom is 0.338 e. The smallest absolute Gasteiger partial charge is 0.338 e. The first kappa shape index (κ1) is 17.7. The summed E-state index contributed by atoms with van der Waals surface area (Å²) in [7, 11) is 1.60. The van der Waals surface area contributed by atoms with Crippen LogP contribution in [-0.2, 0) is 11.3 Å². The molecule has 0 aliphatic rings. The van der Waals surface area contributed by atoms with Crippen LogP contribution in [0.1, 0.15) is 41.6 Å². The largest absolute Gasteiger partial charge is 0.497 e. The summed E-state index contributed by atoms with van der Waals surface area (Å²) in [6.07, 6.45) is 0. The number of benzene rings is 2. The van der Waals surface area contributed by atoms with Crippen LogP contribution in [0, 0.1) is 0 Å². The number of rotatable bonds is 6. The van der Waals surface area contributed by atoms with E-state index in [-0.39, 0.29) is 12.5 Å². The van der Waals surface area contributed by atoms with E-state index >= 15 is 0 Å². The van der Waals surface area contributed by atoms with Crippen molar-refractivity contribution in [2.24, 2.45) is 0 Å². The Labute approximate surface area is 151 Å². The number of methoxy groups -OCH3 is 1. The van der Waals surface area contributed by atoms with Gasteiger partial charge in [-0.1, -0.05) is 31.1 Å². The van der Waals surface area contributed by atoms with Gasteiger partial charge in [-0.25, -0.2) is 4.79 Å². The van der Waals surface area contributed by atoms with Crippen molar-refractivity contribution in [1.82, 2.24) is 10.1 Å². The molecule has 6 heteroatoms. The Morgan fingerprint density at radius 2 is 1.77 bits per heavy atom. The Bertz CT molecular complexity index is 868. The van der Waals surface area contributed by atoms with Crippen LogP contribution < -0.4 is 4.74 Å². The van der Waals surface area contributed by atoms with Gasteiger partial charge in [-0.3, -0.25) is 0 Å². The van der Waals surface area contributed by atoms with Gasteiger partial charge in [-0.05, 0) is 47.9 Å². The molecule has 1 heterocycles. The molecule has 0 aliphatic carbocycles. The standard InChI is InChI=1S/C20H20N2O4/c1-13(2)14-4-6-16(7-5-14)20(23)25-12-18-21-19(22-26-18)15-8-10-17(24-3)11-9-15/h4-11,13H,12H2,1-3H3. The Balaban J connectivity index is 1.61. The fraction of sp³-hybridized carbons (Fsp3) is 0.250. The van der Waals surface area contributed by atoms with Crippen LogP contribution in [0.15, 0.2) is 53.1 Å². The van der Waals surface area contributed by atoms with E-state index in [0.717, 1.165) is 11.3 Å². The molecule has 3 aromatic rings. The van der Waals surface area contributed by atoms with Gasteiger partial charge >= 0.3 is 5.97 Å². The minimum absolute atomic E-state index is 0.0755. The van der Waals surface area contributed by atoms with Crippen molar-refractivity contribution in [2.45, 2.75) is 26.4 Å². The number of esters is 1. The Morgan fingerprint density at radius 3 is 2.38 bits per heavy atom. The zero-order chi connectivity index (χ0) is 18.5. The van der Waals surface area contributed by atoms with Crippen LogP contribution in [0.2, 0.25) is 0 Å². The highest BCUT2D eigenvalue weighted by atomic mass is 16.6. The lowest BCUT2D eigenvalue weighted by molar-refractivity contribution is 0.0430. The molecule has 3 rings (SSSR count). The summed E-state index contributed by atoms with van der Waals surface area (Å²) in [4.78, 5) is 16.4. The predicted molar refractivity (Wildman–Crippen MR) is 95.9 cm³/mol. The van der Waals surface area contributed by atoms with Crippen LogP contribution >= 0.6 is 0 Å². The summed E-state index contributed by atoms with van der Waals surface area (Å²) < 4.78 is 15.5. The predicted octanol–water partition coefficient (Wildman–Crippen LogP) is 4.23. The molecule has 0 radical (unpaired) electrons. The van der Waals surface area contributed by atoms with E-state index in [1.54, 1.807) is 19.2 Å². The maximum absolute atomic E-state index is 12.1. The lowest BCUT2D eigenvalue weighted by atomic mass is 10.0. The average molecular weight is 352 g/mol. The fourth-order valence-corrected chi connectivity index (χ4v) is 2.39. The van der Waals surface area contributed by atoms with Crippen molar-refractivity contribution in [3.8, 4) is 17.1 Å². The van der Waals surface area contributed by atoms with E-state index in [2.05, 4.69) is 24.0 Å². The lowest BCUT2D eigenvalue weighted by Gasteiger charge is -2.06. The molecular weight excluding hydrogens is 332 g/mol. The van der Waals surface area contributed by atoms with Crippen LogP contribution in [0.5, 0.6) is 5.75 Å². The van der Waals surface area contributed by atoms with Crippen molar-refractivity contribution in [1.29, 1.82) is 0 Å². The minimum Gasteiger partial charge on any atom is -0.497 e. The summed E-state index contributed by atoms with van der Waals surface area (Å²) in [5, 5.41) is 3.91. The van der Waals surface area contributed by atoms with E-state index < -0.39 is 5.97 Å². The molecule has 1 aromatic heterocycles. The van der Waals surface area contributed by atoms with E-state index in [1.165, 1.54) is 5.56 Å². The Kier molecular flexibility index (Phi) is 5.31. The zero-order valence-electron chi connectivity index (χ0n) is 14.9. The molecular formula is C20H20N2O4. The van der Waals surface area contributed by atoms with Gasteiger partial charge in [0.1, 0.15) is 5.75 Å². The molecule has 0 spiro atoms. The molecule has 0 saturated heterocycles. The Morgan fingerprint density at radius 1 is 1.08 bits per heavy atom. The molecule has 26 heavy (non-hydrogen) atoms. The molecule has 2 aromatic carbocycles. The molecule has 0 unspecified atom stereocenters. The number of hydrogen-bond donors (Lipinski definition) is 0. The number of aromatic nitrogens is 2. The first-order valence-electron chi connectivity index (χ1n) is 8.31. The van der Waals surface area contributed by atoms with E-state index in [0.29, 0.717) is 17.3 Å². The third-order valence-electron chi connectivity index (χ3n) is 3.96. The van der Waals surface area contributed by atoms with Crippen LogP contribution in [0.3, 0.4) is 0 Å². The van der Waals surface area contributed by atoms with Crippen molar-refractivity contribution in [2.75, 3.05) is 7.11 Å². The molecule has 0 N–H and O–H groups in total. The van der Waals surface area contributed by atoms with Gasteiger partial charge in [0.25, 0.3) is 5.89 Å². The average Bonchev–Trinajstić information content (AvgIpc) is 3.15. The molecule has 0 saturated carbocycles. The lowest BCUT2D eigenvalue weighted by Crippen LogP contribution is -2.05. The van der Waals surface area contributed by atoms with E-state index in [4.69, 9.17) is 14.0 Å². The molecule has 6 nitrogen and oxygen atoms in total. The molecule has 134 valence electrons. The number of carbonyl (C=O) groups is 1. The summed E-state index contributed by atoms with van der Waals surface area (Å²) in [6, 6.07) is 14.7. The number of hydrogen-bond acceptors (Lipinski definition) is 6. The van der Waals surface area contributed by atoms with Gasteiger partial charge in [0.05, 0.1) is 12.7 Å². The molecule has 0 fully saturated rings. The first-order valence-corrected chi connectivity index (χ1v) is 8.31. The first-order chi connectivity index (χ1) is 12.6. The number of carbonyl (C=O) groups excluding carboxylic acids is 1. The second kappa shape index (κ2) is 7.82. The topological polar surface area (TPSA) is 74.5 Å². The van der Waals surface area contributed by atoms with Crippen molar-refractivity contribution < 1.29 is 18.8 Å². The second-order valence-electron chi connectivity index (χ2n) is 6.09. The number of nitrogens with zero attached hydrogens (tertiary/aromatic N) is 2. The van der Waals surface area contributed by atoms with Crippen LogP contribution in [-0.4, -0.2) is 23.2 Å². The van der Waals surface area contributed by atoms with E-state index in [9.17, 15) is 4.79 Å². The van der Waals surface area contributed by atoms with Gasteiger partial charge in [0, 0.05) is 5.56 Å². The summed E-state index contributed by atoms with van der Waals surface area (Å²) in [5.74, 6) is 1.40. The monoisotopic (exact) mass is 352 g/mol. The maximum atomic E-state index is 12.1. The fourth-order valence-electron chi connectivity index (χ4n) is 2.39. The van der Waals surface area contributed by atoms with E-state index in [1.807, 2.05) is 36.4 Å². The molecule has 0 atom stereocenters. The summed E-state index contributed by atoms with van der Waals surface area (Å²) in [6.45, 7) is 4.13. The van der Waals surface area contributed by atoms with Gasteiger partial charge in [-0.15, -0.1) is 0 Å². The highest BCUT2D eigenvalue weighted by molar-refractivity contribution is 5.89. The second-order valence-corrected chi connectivity index (χ2v) is 6.09. The highest BCUT2D eigenvalue weighted by Gasteiger charge is 2.13. The third-order valence-corrected chi connectivity index (χ3v) is 3.96. The van der Waals surface area contributed by atoms with Gasteiger partial charge in [-0.2, -0.15) is 4.98 Å². The highest BCUT2D eigenvalue weighted by Crippen LogP contribution is 2.20. The van der Waals surface area contributed by atoms with Crippen molar-refractivity contribution in [3.63, 3.8) is 0 Å². The summed E-state index contributed by atoms with van der Waals surface area (Å²) in [5.41, 5.74) is 2.45. The zero-order valence-corrected chi connectivity index (χ0v) is 14.9. The summed E-state index contributed by atoms with van der Waals surface area (Å²) >= 11 is 0. The minimum atomic E-state index is -0.426. The van der Waals surface area contributed by atoms with Gasteiger partial charge in [0.2, 0.25) is 5.82 Å². The molecule has 0 aliphatic heterocycles. The molecule has 0 amide bonds. The quantitative estimate of drug-likeness (QED) is 0.618. The van der Waals surface area contributed by atoms with Crippen LogP contribution in [0.4, 0.5) is 0 Å².